The number of nitrogens with two attached hydrogens (primary N) is 1. The van der Waals surface area contributed by atoms with Crippen LogP contribution in [0.5, 0.6) is 0 Å². The van der Waals surface area contributed by atoms with Crippen molar-refractivity contribution < 1.29 is 18.0 Å². The van der Waals surface area contributed by atoms with Gasteiger partial charge in [0.2, 0.25) is 11.8 Å². The molecule has 0 aromatic heterocycles. The third-order valence-corrected chi connectivity index (χ3v) is 8.07. The lowest BCUT2D eigenvalue weighted by Crippen LogP contribution is -2.33. The van der Waals surface area contributed by atoms with Crippen molar-refractivity contribution in [2.24, 2.45) is 10.7 Å². The zero-order chi connectivity index (χ0) is 29.0. The number of rotatable bonds is 9. The summed E-state index contributed by atoms with van der Waals surface area (Å²) in [6.07, 6.45) is 0. The summed E-state index contributed by atoms with van der Waals surface area (Å²) in [6, 6.07) is 29.5. The van der Waals surface area contributed by atoms with Crippen LogP contribution in [-0.4, -0.2) is 39.0 Å². The summed E-state index contributed by atoms with van der Waals surface area (Å²) in [5.41, 5.74) is 9.72. The number of carbonyl (C=O) groups excluding carboxylic acids is 2. The summed E-state index contributed by atoms with van der Waals surface area (Å²) in [5.74, 6) is -1.18. The van der Waals surface area contributed by atoms with Crippen molar-refractivity contribution in [1.82, 2.24) is 0 Å². The SMILES string of the molecule is CC(=O)N(CCN)c1ccc(N=C(c2ccccc2)C2C(=O)Nc3ccc(NS(=O)(=O)c4ccccc4)cc32)cc1. The Kier molecular flexibility index (Phi) is 7.95. The highest BCUT2D eigenvalue weighted by molar-refractivity contribution is 7.92. The third kappa shape index (κ3) is 6.03. The number of sulfonamides is 1. The molecule has 208 valence electrons. The van der Waals surface area contributed by atoms with Gasteiger partial charge in [0, 0.05) is 37.1 Å². The van der Waals surface area contributed by atoms with Gasteiger partial charge >= 0.3 is 0 Å². The van der Waals surface area contributed by atoms with Crippen molar-refractivity contribution in [3.63, 3.8) is 0 Å². The highest BCUT2D eigenvalue weighted by Gasteiger charge is 2.36. The minimum atomic E-state index is -3.83. The minimum absolute atomic E-state index is 0.116. The van der Waals surface area contributed by atoms with E-state index in [1.54, 1.807) is 65.6 Å². The highest BCUT2D eigenvalue weighted by Crippen LogP contribution is 2.38. The van der Waals surface area contributed by atoms with E-state index in [0.717, 1.165) is 5.56 Å². The lowest BCUT2D eigenvalue weighted by atomic mass is 9.90. The molecule has 4 N–H and O–H groups in total. The van der Waals surface area contributed by atoms with Crippen LogP contribution in [0.1, 0.15) is 24.0 Å². The largest absolute Gasteiger partial charge is 0.329 e. The van der Waals surface area contributed by atoms with Gasteiger partial charge in [-0.2, -0.15) is 0 Å². The van der Waals surface area contributed by atoms with Crippen molar-refractivity contribution in [1.29, 1.82) is 0 Å². The topological polar surface area (TPSA) is 134 Å². The monoisotopic (exact) mass is 567 g/mol. The van der Waals surface area contributed by atoms with Crippen LogP contribution in [0.15, 0.2) is 113 Å². The predicted molar refractivity (Wildman–Crippen MR) is 161 cm³/mol. The van der Waals surface area contributed by atoms with Crippen LogP contribution >= 0.6 is 0 Å². The Bertz CT molecular complexity index is 1710. The van der Waals surface area contributed by atoms with Gasteiger partial charge in [0.25, 0.3) is 10.0 Å². The van der Waals surface area contributed by atoms with Crippen LogP contribution in [0.3, 0.4) is 0 Å². The van der Waals surface area contributed by atoms with E-state index in [1.807, 2.05) is 30.3 Å². The molecule has 1 atom stereocenters. The number of hydrogen-bond donors (Lipinski definition) is 3. The normalized spacial score (nSPS) is 14.7. The Balaban J connectivity index is 1.53. The van der Waals surface area contributed by atoms with Gasteiger partial charge in [0.1, 0.15) is 5.92 Å². The van der Waals surface area contributed by atoms with E-state index >= 15 is 0 Å². The standard InChI is InChI=1S/C31H29N5O4S/c1-21(37)36(19-18-32)25-15-12-23(13-16-25)33-30(22-8-4-2-5-9-22)29-27-20-24(14-17-28(27)34-31(29)38)35-41(39,40)26-10-6-3-7-11-26/h2-17,20,29,35H,18-19,32H2,1H3,(H,34,38). The average molecular weight is 568 g/mol. The van der Waals surface area contributed by atoms with Gasteiger partial charge in [0.15, 0.2) is 0 Å². The van der Waals surface area contributed by atoms with Crippen LogP contribution in [0.2, 0.25) is 0 Å². The number of benzene rings is 4. The Labute approximate surface area is 238 Å². The smallest absolute Gasteiger partial charge is 0.261 e. The second-order valence-electron chi connectivity index (χ2n) is 9.48. The van der Waals surface area contributed by atoms with Crippen molar-refractivity contribution in [3.8, 4) is 0 Å². The fraction of sp³-hybridized carbons (Fsp3) is 0.129. The molecule has 41 heavy (non-hydrogen) atoms. The number of hydrogen-bond acceptors (Lipinski definition) is 6. The third-order valence-electron chi connectivity index (χ3n) is 6.68. The van der Waals surface area contributed by atoms with Gasteiger partial charge in [-0.05, 0) is 65.7 Å². The first-order chi connectivity index (χ1) is 19.8. The molecule has 1 unspecified atom stereocenters. The van der Waals surface area contributed by atoms with Crippen molar-refractivity contribution in [3.05, 3.63) is 114 Å². The molecular formula is C31H29N5O4S. The van der Waals surface area contributed by atoms with Gasteiger partial charge in [-0.1, -0.05) is 48.5 Å². The molecule has 9 nitrogen and oxygen atoms in total. The quantitative estimate of drug-likeness (QED) is 0.253. The van der Waals surface area contributed by atoms with Gasteiger partial charge < -0.3 is 16.0 Å². The first-order valence-electron chi connectivity index (χ1n) is 13.0. The molecule has 4 aromatic carbocycles. The zero-order valence-corrected chi connectivity index (χ0v) is 23.1. The fourth-order valence-corrected chi connectivity index (χ4v) is 5.83. The Morgan fingerprint density at radius 2 is 1.61 bits per heavy atom. The molecular weight excluding hydrogens is 538 g/mol. The van der Waals surface area contributed by atoms with E-state index < -0.39 is 15.9 Å². The summed E-state index contributed by atoms with van der Waals surface area (Å²) in [6.45, 7) is 2.21. The van der Waals surface area contributed by atoms with Gasteiger partial charge in [-0.15, -0.1) is 0 Å². The number of nitrogens with one attached hydrogen (secondary N) is 2. The van der Waals surface area contributed by atoms with Crippen LogP contribution < -0.4 is 20.7 Å². The molecule has 0 saturated heterocycles. The molecule has 0 aliphatic carbocycles. The van der Waals surface area contributed by atoms with Crippen LogP contribution in [0.4, 0.5) is 22.7 Å². The number of fused-ring (bicyclic) bond motifs is 1. The maximum atomic E-state index is 13.4. The fourth-order valence-electron chi connectivity index (χ4n) is 4.76. The van der Waals surface area contributed by atoms with Gasteiger partial charge in [-0.3, -0.25) is 19.3 Å². The Morgan fingerprint density at radius 3 is 2.24 bits per heavy atom. The molecule has 4 aromatic rings. The van der Waals surface area contributed by atoms with Gasteiger partial charge in [-0.25, -0.2) is 8.42 Å². The van der Waals surface area contributed by atoms with Crippen molar-refractivity contribution >= 4 is 50.3 Å². The second-order valence-corrected chi connectivity index (χ2v) is 11.2. The van der Waals surface area contributed by atoms with E-state index in [1.165, 1.54) is 19.1 Å². The lowest BCUT2D eigenvalue weighted by Gasteiger charge is -2.20. The summed E-state index contributed by atoms with van der Waals surface area (Å²) < 4.78 is 28.5. The molecule has 1 aliphatic heterocycles. The van der Waals surface area contributed by atoms with Crippen molar-refractivity contribution in [2.45, 2.75) is 17.7 Å². The van der Waals surface area contributed by atoms with Gasteiger partial charge in [0.05, 0.1) is 16.3 Å². The maximum absolute atomic E-state index is 13.4. The predicted octanol–water partition coefficient (Wildman–Crippen LogP) is 4.66. The van der Waals surface area contributed by atoms with Crippen LogP contribution in [0, 0.1) is 0 Å². The van der Waals surface area contributed by atoms with E-state index in [-0.39, 0.29) is 16.7 Å². The average Bonchev–Trinajstić information content (AvgIpc) is 3.30. The number of carbonyl (C=O) groups is 2. The molecule has 0 saturated carbocycles. The van der Waals surface area contributed by atoms with Crippen LogP contribution in [0.25, 0.3) is 0 Å². The summed E-state index contributed by atoms with van der Waals surface area (Å²) in [5, 5.41) is 2.90. The molecule has 0 fully saturated rings. The molecule has 10 heteroatoms. The number of amides is 2. The zero-order valence-electron chi connectivity index (χ0n) is 22.3. The molecule has 2 amide bonds. The molecule has 0 radical (unpaired) electrons. The Hall–Kier alpha value is -4.80. The molecule has 0 bridgehead atoms. The van der Waals surface area contributed by atoms with E-state index in [9.17, 15) is 18.0 Å². The molecule has 5 rings (SSSR count). The summed E-state index contributed by atoms with van der Waals surface area (Å²) in [7, 11) is -3.83. The van der Waals surface area contributed by atoms with Crippen LogP contribution in [-0.2, 0) is 19.6 Å². The van der Waals surface area contributed by atoms with E-state index in [0.29, 0.717) is 47.1 Å². The molecule has 1 aliphatic rings. The van der Waals surface area contributed by atoms with Crippen molar-refractivity contribution in [2.75, 3.05) is 28.0 Å². The summed E-state index contributed by atoms with van der Waals surface area (Å²) in [4.78, 5) is 32.0. The molecule has 0 spiro atoms. The molecule has 1 heterocycles. The second kappa shape index (κ2) is 11.7. The lowest BCUT2D eigenvalue weighted by molar-refractivity contribution is -0.117. The Morgan fingerprint density at radius 1 is 0.951 bits per heavy atom. The minimum Gasteiger partial charge on any atom is -0.329 e. The first kappa shape index (κ1) is 27.8. The number of nitrogens with zero attached hydrogens (tertiary/aromatic N) is 2. The van der Waals surface area contributed by atoms with E-state index in [2.05, 4.69) is 10.0 Å². The van der Waals surface area contributed by atoms with E-state index in [4.69, 9.17) is 10.7 Å². The maximum Gasteiger partial charge on any atom is 0.261 e. The number of anilines is 3. The first-order valence-corrected chi connectivity index (χ1v) is 14.5. The number of aliphatic imine (C=N–C) groups is 1. The highest BCUT2D eigenvalue weighted by atomic mass is 32.2. The summed E-state index contributed by atoms with van der Waals surface area (Å²) >= 11 is 0.